The molecule has 0 spiro atoms. The Morgan fingerprint density at radius 2 is 1.62 bits per heavy atom. The minimum absolute atomic E-state index is 0.00204. The molecular formula is C45H56N10O6. The monoisotopic (exact) mass is 832 g/mol. The molecule has 16 heteroatoms. The van der Waals surface area contributed by atoms with Crippen molar-refractivity contribution in [1.82, 2.24) is 39.5 Å². The molecule has 1 atom stereocenters. The van der Waals surface area contributed by atoms with Gasteiger partial charge in [-0.15, -0.1) is 0 Å². The van der Waals surface area contributed by atoms with Crippen LogP contribution in [0, 0.1) is 5.92 Å². The van der Waals surface area contributed by atoms with E-state index in [4.69, 9.17) is 25.2 Å². The number of nitrogen functional groups attached to an aromatic ring is 1. The van der Waals surface area contributed by atoms with Gasteiger partial charge in [-0.1, -0.05) is 32.0 Å². The number of phenolic OH excluding ortho intramolecular Hbond substituents is 2. The van der Waals surface area contributed by atoms with Crippen molar-refractivity contribution in [3.63, 3.8) is 0 Å². The highest BCUT2D eigenvalue weighted by Crippen LogP contribution is 2.35. The summed E-state index contributed by atoms with van der Waals surface area (Å²) >= 11 is 0. The SMILES string of the molecule is CC(C)c1cc(C(=O)N2Cc3ccc(CN4CCC(CN5CCO[C@H](C(=O)N6CCc7c(nc(-c8cnc(N)nc8)nc7N7CCOCC7)C6)C5)CC4)cc3C2)c(O)cc1O. The third kappa shape index (κ3) is 8.85. The highest BCUT2D eigenvalue weighted by molar-refractivity contribution is 5.97. The number of ether oxygens (including phenoxy) is 2. The predicted octanol–water partition coefficient (Wildman–Crippen LogP) is 3.54. The maximum absolute atomic E-state index is 14.1. The van der Waals surface area contributed by atoms with E-state index >= 15 is 0 Å². The summed E-state index contributed by atoms with van der Waals surface area (Å²) in [6.45, 7) is 14.3. The van der Waals surface area contributed by atoms with Gasteiger partial charge in [0.05, 0.1) is 43.2 Å². The van der Waals surface area contributed by atoms with Crippen molar-refractivity contribution >= 4 is 23.6 Å². The Kier molecular flexibility index (Phi) is 11.8. The van der Waals surface area contributed by atoms with Gasteiger partial charge in [0.15, 0.2) is 5.82 Å². The molecule has 5 aliphatic heterocycles. The first-order valence-electron chi connectivity index (χ1n) is 21.7. The minimum atomic E-state index is -0.517. The average Bonchev–Trinajstić information content (AvgIpc) is 3.70. The summed E-state index contributed by atoms with van der Waals surface area (Å²) in [6, 6.07) is 9.42. The summed E-state index contributed by atoms with van der Waals surface area (Å²) in [5, 5.41) is 20.8. The van der Waals surface area contributed by atoms with Crippen LogP contribution in [0.2, 0.25) is 0 Å². The van der Waals surface area contributed by atoms with Gasteiger partial charge in [-0.2, -0.15) is 0 Å². The third-order valence-corrected chi connectivity index (χ3v) is 12.9. The smallest absolute Gasteiger partial charge is 0.258 e. The van der Waals surface area contributed by atoms with Gasteiger partial charge in [-0.05, 0) is 72.5 Å². The van der Waals surface area contributed by atoms with Gasteiger partial charge >= 0.3 is 0 Å². The molecule has 3 fully saturated rings. The van der Waals surface area contributed by atoms with Crippen LogP contribution in [-0.2, 0) is 46.9 Å². The van der Waals surface area contributed by atoms with Gasteiger partial charge < -0.3 is 40.1 Å². The summed E-state index contributed by atoms with van der Waals surface area (Å²) in [4.78, 5) is 56.7. The zero-order chi connectivity index (χ0) is 42.2. The van der Waals surface area contributed by atoms with E-state index in [-0.39, 0.29) is 40.7 Å². The molecule has 61 heavy (non-hydrogen) atoms. The fourth-order valence-corrected chi connectivity index (χ4v) is 9.48. The molecule has 4 aromatic rings. The molecule has 2 aromatic heterocycles. The van der Waals surface area contributed by atoms with Crippen LogP contribution in [0.5, 0.6) is 11.5 Å². The summed E-state index contributed by atoms with van der Waals surface area (Å²) in [6.07, 6.45) is 5.60. The van der Waals surface area contributed by atoms with Crippen molar-refractivity contribution < 1.29 is 29.3 Å². The van der Waals surface area contributed by atoms with Crippen LogP contribution in [0.25, 0.3) is 11.4 Å². The number of phenols is 2. The maximum atomic E-state index is 14.1. The predicted molar refractivity (Wildman–Crippen MR) is 228 cm³/mol. The number of fused-ring (bicyclic) bond motifs is 2. The quantitative estimate of drug-likeness (QED) is 0.222. The van der Waals surface area contributed by atoms with Crippen molar-refractivity contribution in [3.8, 4) is 22.9 Å². The van der Waals surface area contributed by atoms with Gasteiger partial charge in [-0.25, -0.2) is 19.9 Å². The summed E-state index contributed by atoms with van der Waals surface area (Å²) in [5.41, 5.74) is 12.7. The minimum Gasteiger partial charge on any atom is -0.508 e. The molecule has 0 aliphatic carbocycles. The second-order valence-corrected chi connectivity index (χ2v) is 17.4. The van der Waals surface area contributed by atoms with E-state index in [0.29, 0.717) is 81.8 Å². The van der Waals surface area contributed by atoms with Crippen molar-refractivity contribution in [2.75, 3.05) is 82.8 Å². The van der Waals surface area contributed by atoms with E-state index in [1.807, 2.05) is 18.7 Å². The summed E-state index contributed by atoms with van der Waals surface area (Å²) in [5.74, 6) is 1.73. The largest absolute Gasteiger partial charge is 0.508 e. The Hall–Kier alpha value is -5.42. The Morgan fingerprint density at radius 3 is 2.39 bits per heavy atom. The highest BCUT2D eigenvalue weighted by Gasteiger charge is 2.35. The second kappa shape index (κ2) is 17.5. The number of hydrogen-bond donors (Lipinski definition) is 3. The standard InChI is InChI=1S/C45H56N10O6/c1-28(2)35-18-36(39(57)19-38(35)56)43(58)55-24-31-4-3-30(17-32(31)25-55)23-51-8-5-29(6-9-51)22-52-11-16-61-40(27-52)44(59)54-10-7-34-37(26-54)49-41(33-20-47-45(46)48-21-33)50-42(34)53-12-14-60-15-13-53/h3-4,17-21,28-29,40,56-57H,5-16,22-27H2,1-2H3,(H2,46,47,48)/t40-/m0/s1. The van der Waals surface area contributed by atoms with Gasteiger partial charge in [0, 0.05) is 82.9 Å². The van der Waals surface area contributed by atoms with Crippen LogP contribution in [0.15, 0.2) is 42.7 Å². The third-order valence-electron chi connectivity index (χ3n) is 12.9. The summed E-state index contributed by atoms with van der Waals surface area (Å²) < 4.78 is 11.8. The number of nitrogens with zero attached hydrogens (tertiary/aromatic N) is 9. The molecule has 7 heterocycles. The number of amides is 2. The number of piperidine rings is 1. The number of hydrogen-bond acceptors (Lipinski definition) is 14. The zero-order valence-corrected chi connectivity index (χ0v) is 35.1. The number of aromatic hydroxyl groups is 2. The molecule has 4 N–H and O–H groups in total. The van der Waals surface area contributed by atoms with Gasteiger partial charge in [0.1, 0.15) is 23.4 Å². The summed E-state index contributed by atoms with van der Waals surface area (Å²) in [7, 11) is 0. The van der Waals surface area contributed by atoms with Crippen LogP contribution in [0.1, 0.15) is 76.5 Å². The lowest BCUT2D eigenvalue weighted by Crippen LogP contribution is -2.53. The van der Waals surface area contributed by atoms with Crippen LogP contribution in [-0.4, -0.2) is 140 Å². The Balaban J connectivity index is 0.774. The number of anilines is 2. The molecule has 16 nitrogen and oxygen atoms in total. The molecule has 3 saturated heterocycles. The van der Waals surface area contributed by atoms with Gasteiger partial charge in [0.25, 0.3) is 11.8 Å². The molecule has 0 bridgehead atoms. The number of aromatic nitrogens is 4. The zero-order valence-electron chi connectivity index (χ0n) is 35.1. The molecule has 2 amide bonds. The van der Waals surface area contributed by atoms with E-state index in [1.54, 1.807) is 23.4 Å². The normalized spacial score (nSPS) is 20.2. The average molecular weight is 833 g/mol. The van der Waals surface area contributed by atoms with Gasteiger partial charge in [0.2, 0.25) is 5.95 Å². The lowest BCUT2D eigenvalue weighted by molar-refractivity contribution is -0.150. The molecule has 0 saturated carbocycles. The van der Waals surface area contributed by atoms with E-state index in [0.717, 1.165) is 86.9 Å². The van der Waals surface area contributed by atoms with Crippen molar-refractivity contribution in [2.45, 2.75) is 71.3 Å². The fourth-order valence-electron chi connectivity index (χ4n) is 9.48. The Morgan fingerprint density at radius 1 is 0.852 bits per heavy atom. The van der Waals surface area contributed by atoms with E-state index in [1.165, 1.54) is 11.6 Å². The van der Waals surface area contributed by atoms with E-state index < -0.39 is 6.10 Å². The Labute approximate surface area is 356 Å². The molecule has 5 aliphatic rings. The number of likely N-dealkylation sites (tertiary alicyclic amines) is 1. The lowest BCUT2D eigenvalue weighted by Gasteiger charge is -2.39. The number of carbonyl (C=O) groups excluding carboxylic acids is 2. The van der Waals surface area contributed by atoms with Gasteiger partial charge in [-0.3, -0.25) is 19.4 Å². The van der Waals surface area contributed by atoms with Crippen LogP contribution in [0.3, 0.4) is 0 Å². The second-order valence-electron chi connectivity index (χ2n) is 17.4. The van der Waals surface area contributed by atoms with E-state index in [9.17, 15) is 19.8 Å². The molecule has 0 unspecified atom stereocenters. The number of carbonyl (C=O) groups is 2. The fraction of sp³-hybridized carbons (Fsp3) is 0.511. The van der Waals surface area contributed by atoms with Crippen LogP contribution >= 0.6 is 0 Å². The first kappa shape index (κ1) is 41.0. The maximum Gasteiger partial charge on any atom is 0.258 e. The van der Waals surface area contributed by atoms with E-state index in [2.05, 4.69) is 42.9 Å². The molecule has 2 aromatic carbocycles. The number of benzene rings is 2. The number of morpholine rings is 2. The van der Waals surface area contributed by atoms with Crippen LogP contribution < -0.4 is 10.6 Å². The number of rotatable bonds is 9. The van der Waals surface area contributed by atoms with Crippen LogP contribution in [0.4, 0.5) is 11.8 Å². The first-order chi connectivity index (χ1) is 29.6. The highest BCUT2D eigenvalue weighted by atomic mass is 16.5. The van der Waals surface area contributed by atoms with Crippen molar-refractivity contribution in [1.29, 1.82) is 0 Å². The van der Waals surface area contributed by atoms with Crippen molar-refractivity contribution in [2.24, 2.45) is 5.92 Å². The molecule has 322 valence electrons. The molecular weight excluding hydrogens is 777 g/mol. The topological polar surface area (TPSA) is 187 Å². The number of nitrogens with two attached hydrogens (primary N) is 1. The molecule has 9 rings (SSSR count). The molecule has 0 radical (unpaired) electrons. The van der Waals surface area contributed by atoms with Crippen molar-refractivity contribution in [3.05, 3.63) is 81.8 Å². The Bertz CT molecular complexity index is 2260. The first-order valence-corrected chi connectivity index (χ1v) is 21.7. The lowest BCUT2D eigenvalue weighted by atomic mass is 9.95.